The molecule has 64 heavy (non-hydrogen) atoms. The Labute approximate surface area is 373 Å². The summed E-state index contributed by atoms with van der Waals surface area (Å²) in [7, 11) is 0. The summed E-state index contributed by atoms with van der Waals surface area (Å²) in [5, 5.41) is 2.48. The molecule has 1 heterocycles. The van der Waals surface area contributed by atoms with Crippen LogP contribution in [0.3, 0.4) is 0 Å². The smallest absolute Gasteiger partial charge is 0.0541 e. The van der Waals surface area contributed by atoms with Crippen molar-refractivity contribution in [2.45, 2.75) is 0 Å². The van der Waals surface area contributed by atoms with E-state index in [9.17, 15) is 0 Å². The van der Waals surface area contributed by atoms with Crippen LogP contribution in [0.4, 0.5) is 17.1 Å². The molecule has 0 unspecified atom stereocenters. The van der Waals surface area contributed by atoms with Crippen LogP contribution in [0, 0.1) is 0 Å². The fraction of sp³-hybridized carbons (Fsp3) is 0. The summed E-state index contributed by atoms with van der Waals surface area (Å²) in [5.74, 6) is 0. The standard InChI is InChI=1S/C62H42N2/c1-5-17-43(18-6-1)44-29-36-51(37-30-44)64-59-28-16-15-26-55(59)57-41-48(33-40-60(57)64)45-31-34-50(35-32-45)63(49-23-11-4-12-24-49)52-38-39-54-53-25-13-14-27-56(53)62(58(54)42-52)61(46-19-7-2-8-20-46)47-21-9-3-10-22-47/h1-42H. The summed E-state index contributed by atoms with van der Waals surface area (Å²) in [5.41, 5.74) is 21.6. The Hall–Kier alpha value is -8.46. The van der Waals surface area contributed by atoms with Gasteiger partial charge < -0.3 is 9.47 Å². The highest BCUT2D eigenvalue weighted by atomic mass is 15.1. The zero-order chi connectivity index (χ0) is 42.4. The van der Waals surface area contributed by atoms with Crippen molar-refractivity contribution in [3.63, 3.8) is 0 Å². The number of nitrogens with zero attached hydrogens (tertiary/aromatic N) is 2. The molecule has 0 aliphatic heterocycles. The summed E-state index contributed by atoms with van der Waals surface area (Å²) in [4.78, 5) is 2.38. The molecule has 0 bridgehead atoms. The van der Waals surface area contributed by atoms with Gasteiger partial charge in [0.1, 0.15) is 0 Å². The second-order valence-electron chi connectivity index (χ2n) is 16.5. The van der Waals surface area contributed by atoms with Crippen molar-refractivity contribution < 1.29 is 0 Å². The molecule has 12 rings (SSSR count). The Morgan fingerprint density at radius 1 is 0.297 bits per heavy atom. The van der Waals surface area contributed by atoms with Gasteiger partial charge in [-0.1, -0.05) is 188 Å². The van der Waals surface area contributed by atoms with E-state index >= 15 is 0 Å². The molecule has 10 aromatic carbocycles. The van der Waals surface area contributed by atoms with Crippen LogP contribution >= 0.6 is 0 Å². The van der Waals surface area contributed by atoms with E-state index in [0.717, 1.165) is 22.7 Å². The SMILES string of the molecule is c1ccc(C(=C2c3ccccc3-c3ccc(N(c4ccccc4)c4ccc(-c5ccc6c(c5)c5ccccc5n6-c5ccc(-c6ccccc6)cc5)cc4)cc32)c2ccccc2)cc1. The van der Waals surface area contributed by atoms with Gasteiger partial charge in [-0.25, -0.2) is 0 Å². The molecule has 0 spiro atoms. The zero-order valence-electron chi connectivity index (χ0n) is 35.1. The van der Waals surface area contributed by atoms with Crippen LogP contribution in [0.25, 0.3) is 72.0 Å². The first-order chi connectivity index (χ1) is 31.8. The van der Waals surface area contributed by atoms with Crippen molar-refractivity contribution >= 4 is 50.0 Å². The van der Waals surface area contributed by atoms with Crippen LogP contribution in [-0.2, 0) is 0 Å². The van der Waals surface area contributed by atoms with Gasteiger partial charge >= 0.3 is 0 Å². The Kier molecular flexibility index (Phi) is 9.20. The quantitative estimate of drug-likeness (QED) is 0.148. The summed E-state index contributed by atoms with van der Waals surface area (Å²) in [6, 6.07) is 92.5. The molecule has 2 heteroatoms. The molecule has 0 fully saturated rings. The van der Waals surface area contributed by atoms with Gasteiger partial charge in [0.05, 0.1) is 11.0 Å². The number of fused-ring (bicyclic) bond motifs is 6. The van der Waals surface area contributed by atoms with E-state index in [1.807, 2.05) is 0 Å². The van der Waals surface area contributed by atoms with Crippen LogP contribution in [-0.4, -0.2) is 4.57 Å². The molecule has 0 radical (unpaired) electrons. The summed E-state index contributed by atoms with van der Waals surface area (Å²) >= 11 is 0. The second kappa shape index (κ2) is 15.8. The van der Waals surface area contributed by atoms with Crippen molar-refractivity contribution in [1.82, 2.24) is 4.57 Å². The lowest BCUT2D eigenvalue weighted by Gasteiger charge is -2.26. The molecule has 300 valence electrons. The molecule has 0 amide bonds. The Balaban J connectivity index is 0.952. The molecule has 0 saturated heterocycles. The molecule has 11 aromatic rings. The molecular weight excluding hydrogens is 773 g/mol. The highest BCUT2D eigenvalue weighted by molar-refractivity contribution is 6.14. The van der Waals surface area contributed by atoms with Crippen LogP contribution in [0.1, 0.15) is 22.3 Å². The molecule has 1 aliphatic carbocycles. The van der Waals surface area contributed by atoms with Gasteiger partial charge in [0.2, 0.25) is 0 Å². The normalized spacial score (nSPS) is 11.7. The van der Waals surface area contributed by atoms with E-state index in [2.05, 4.69) is 264 Å². The molecule has 1 aliphatic rings. The molecule has 0 atom stereocenters. The van der Waals surface area contributed by atoms with Gasteiger partial charge in [-0.3, -0.25) is 0 Å². The summed E-state index contributed by atoms with van der Waals surface area (Å²) in [6.07, 6.45) is 0. The number of benzene rings is 10. The van der Waals surface area contributed by atoms with E-state index in [4.69, 9.17) is 0 Å². The highest BCUT2D eigenvalue weighted by Gasteiger charge is 2.28. The first-order valence-electron chi connectivity index (χ1n) is 22.0. The van der Waals surface area contributed by atoms with Crippen molar-refractivity contribution in [1.29, 1.82) is 0 Å². The monoisotopic (exact) mass is 814 g/mol. The van der Waals surface area contributed by atoms with Gasteiger partial charge in [0, 0.05) is 33.5 Å². The highest BCUT2D eigenvalue weighted by Crippen LogP contribution is 2.51. The van der Waals surface area contributed by atoms with Crippen LogP contribution < -0.4 is 4.90 Å². The van der Waals surface area contributed by atoms with E-state index < -0.39 is 0 Å². The summed E-state index contributed by atoms with van der Waals surface area (Å²) in [6.45, 7) is 0. The van der Waals surface area contributed by atoms with Gasteiger partial charge in [0.15, 0.2) is 0 Å². The lowest BCUT2D eigenvalue weighted by Crippen LogP contribution is -2.10. The second-order valence-corrected chi connectivity index (χ2v) is 16.5. The lowest BCUT2D eigenvalue weighted by atomic mass is 9.88. The predicted molar refractivity (Wildman–Crippen MR) is 270 cm³/mol. The van der Waals surface area contributed by atoms with Crippen molar-refractivity contribution in [3.8, 4) is 39.1 Å². The predicted octanol–water partition coefficient (Wildman–Crippen LogP) is 16.6. The lowest BCUT2D eigenvalue weighted by molar-refractivity contribution is 1.18. The first kappa shape index (κ1) is 37.3. The number of rotatable bonds is 8. The summed E-state index contributed by atoms with van der Waals surface area (Å²) < 4.78 is 2.39. The first-order valence-corrected chi connectivity index (χ1v) is 22.0. The van der Waals surface area contributed by atoms with Crippen molar-refractivity contribution in [2.24, 2.45) is 0 Å². The van der Waals surface area contributed by atoms with E-state index in [1.165, 1.54) is 88.6 Å². The maximum atomic E-state index is 2.40. The largest absolute Gasteiger partial charge is 0.310 e. The number of hydrogen-bond donors (Lipinski definition) is 0. The molecular formula is C62H42N2. The fourth-order valence-corrected chi connectivity index (χ4v) is 9.82. The van der Waals surface area contributed by atoms with Gasteiger partial charge in [0.25, 0.3) is 0 Å². The topological polar surface area (TPSA) is 8.17 Å². The zero-order valence-corrected chi connectivity index (χ0v) is 35.1. The van der Waals surface area contributed by atoms with Crippen molar-refractivity contribution in [3.05, 3.63) is 277 Å². The van der Waals surface area contributed by atoms with E-state index in [0.29, 0.717) is 0 Å². The molecule has 1 aromatic heterocycles. The molecule has 0 N–H and O–H groups in total. The fourth-order valence-electron chi connectivity index (χ4n) is 9.82. The number of hydrogen-bond acceptors (Lipinski definition) is 1. The van der Waals surface area contributed by atoms with Crippen LogP contribution in [0.5, 0.6) is 0 Å². The third-order valence-corrected chi connectivity index (χ3v) is 12.8. The van der Waals surface area contributed by atoms with E-state index in [-0.39, 0.29) is 0 Å². The average Bonchev–Trinajstić information content (AvgIpc) is 3.88. The minimum atomic E-state index is 1.10. The maximum absolute atomic E-state index is 2.40. The van der Waals surface area contributed by atoms with Gasteiger partial charge in [-0.05, 0) is 134 Å². The minimum absolute atomic E-state index is 1.10. The minimum Gasteiger partial charge on any atom is -0.310 e. The van der Waals surface area contributed by atoms with Crippen molar-refractivity contribution in [2.75, 3.05) is 4.90 Å². The third kappa shape index (κ3) is 6.44. The Morgan fingerprint density at radius 3 is 1.48 bits per heavy atom. The number of aromatic nitrogens is 1. The maximum Gasteiger partial charge on any atom is 0.0541 e. The van der Waals surface area contributed by atoms with Crippen LogP contribution in [0.2, 0.25) is 0 Å². The third-order valence-electron chi connectivity index (χ3n) is 12.8. The van der Waals surface area contributed by atoms with Crippen LogP contribution in [0.15, 0.2) is 255 Å². The van der Waals surface area contributed by atoms with Gasteiger partial charge in [-0.2, -0.15) is 0 Å². The van der Waals surface area contributed by atoms with E-state index in [1.54, 1.807) is 0 Å². The Morgan fingerprint density at radius 2 is 0.781 bits per heavy atom. The molecule has 0 saturated carbocycles. The van der Waals surface area contributed by atoms with Gasteiger partial charge in [-0.15, -0.1) is 0 Å². The molecule has 2 nitrogen and oxygen atoms in total. The Bertz CT molecular complexity index is 3450. The average molecular weight is 815 g/mol. The number of anilines is 3. The number of para-hydroxylation sites is 2.